The first-order valence-corrected chi connectivity index (χ1v) is 11.5. The van der Waals surface area contributed by atoms with Gasteiger partial charge in [0.1, 0.15) is 5.03 Å². The lowest BCUT2D eigenvalue weighted by atomic mass is 9.98. The number of rotatable bonds is 6. The summed E-state index contributed by atoms with van der Waals surface area (Å²) >= 11 is 5.48. The summed E-state index contributed by atoms with van der Waals surface area (Å²) in [5, 5.41) is 2.52. The molecule has 3 rings (SSSR count). The molecule has 0 saturated heterocycles. The van der Waals surface area contributed by atoms with Crippen LogP contribution < -0.4 is 4.90 Å². The largest absolute Gasteiger partial charge is 0.370 e. The average molecular weight is 399 g/mol. The molecule has 0 amide bonds. The summed E-state index contributed by atoms with van der Waals surface area (Å²) in [6.45, 7) is 10.5. The summed E-state index contributed by atoms with van der Waals surface area (Å²) < 4.78 is 7.31. The number of thiophene rings is 1. The summed E-state index contributed by atoms with van der Waals surface area (Å²) in [5.74, 6) is 1.07. The molecule has 1 N–H and O–H groups in total. The van der Waals surface area contributed by atoms with Crippen LogP contribution in [0.25, 0.3) is 10.2 Å². The van der Waals surface area contributed by atoms with Crippen LogP contribution in [0.15, 0.2) is 10.2 Å². The molecule has 0 spiro atoms. The smallest absolute Gasteiger partial charge is 0.189 e. The lowest BCUT2D eigenvalue weighted by Gasteiger charge is -2.29. The van der Waals surface area contributed by atoms with E-state index in [1.54, 1.807) is 11.8 Å². The number of ether oxygens (including phenoxy) is 1. The van der Waals surface area contributed by atoms with E-state index >= 15 is 0 Å². The maximum Gasteiger partial charge on any atom is 0.189 e. The van der Waals surface area contributed by atoms with Gasteiger partial charge in [0.15, 0.2) is 5.16 Å². The van der Waals surface area contributed by atoms with E-state index < -0.39 is 0 Å². The highest BCUT2D eigenvalue weighted by Crippen LogP contribution is 2.42. The van der Waals surface area contributed by atoms with Crippen molar-refractivity contribution in [1.29, 1.82) is 0 Å². The van der Waals surface area contributed by atoms with Crippen LogP contribution in [-0.2, 0) is 17.8 Å². The number of fused-ring (bicyclic) bond motifs is 3. The number of quaternary nitrogens is 1. The minimum absolute atomic E-state index is 0.0849. The van der Waals surface area contributed by atoms with E-state index in [0.717, 1.165) is 34.4 Å². The van der Waals surface area contributed by atoms with Gasteiger partial charge in [-0.2, -0.15) is 0 Å². The molecule has 0 aliphatic carbocycles. The summed E-state index contributed by atoms with van der Waals surface area (Å²) in [4.78, 5) is 12.7. The second-order valence-electron chi connectivity index (χ2n) is 7.69. The van der Waals surface area contributed by atoms with Crippen LogP contribution in [0.2, 0.25) is 0 Å². The zero-order valence-corrected chi connectivity index (χ0v) is 18.4. The number of thioether (sulfide) groups is 2. The van der Waals surface area contributed by atoms with Gasteiger partial charge in [-0.15, -0.1) is 11.3 Å². The van der Waals surface area contributed by atoms with Gasteiger partial charge in [0, 0.05) is 27.9 Å². The van der Waals surface area contributed by atoms with Crippen LogP contribution in [0, 0.1) is 0 Å². The van der Waals surface area contributed by atoms with Gasteiger partial charge in [-0.25, -0.2) is 9.97 Å². The van der Waals surface area contributed by atoms with Crippen molar-refractivity contribution < 1.29 is 9.64 Å². The van der Waals surface area contributed by atoms with Crippen LogP contribution in [0.5, 0.6) is 0 Å². The van der Waals surface area contributed by atoms with Gasteiger partial charge in [0.2, 0.25) is 0 Å². The molecule has 0 unspecified atom stereocenters. The molecule has 1 aliphatic heterocycles. The fourth-order valence-electron chi connectivity index (χ4n) is 2.73. The van der Waals surface area contributed by atoms with Gasteiger partial charge in [0.05, 0.1) is 43.1 Å². The molecule has 25 heavy (non-hydrogen) atoms. The molecule has 0 fully saturated rings. The van der Waals surface area contributed by atoms with Crippen LogP contribution in [0.1, 0.15) is 38.1 Å². The van der Waals surface area contributed by atoms with Gasteiger partial charge >= 0.3 is 0 Å². The summed E-state index contributed by atoms with van der Waals surface area (Å²) in [5.41, 5.74) is 2.32. The first-order chi connectivity index (χ1) is 11.7. The predicted octanol–water partition coefficient (Wildman–Crippen LogP) is 3.28. The fourth-order valence-corrected chi connectivity index (χ4v) is 6.23. The zero-order chi connectivity index (χ0) is 18.2. The molecule has 2 aromatic heterocycles. The Morgan fingerprint density at radius 2 is 2.04 bits per heavy atom. The van der Waals surface area contributed by atoms with E-state index in [0.29, 0.717) is 11.9 Å². The zero-order valence-electron chi connectivity index (χ0n) is 15.9. The highest BCUT2D eigenvalue weighted by atomic mass is 32.2. The van der Waals surface area contributed by atoms with Crippen LogP contribution in [-0.4, -0.2) is 47.2 Å². The molecule has 1 aliphatic rings. The molecule has 0 saturated carbocycles. The summed E-state index contributed by atoms with van der Waals surface area (Å²) in [6, 6.07) is 0. The van der Waals surface area contributed by atoms with E-state index in [2.05, 4.69) is 41.8 Å². The van der Waals surface area contributed by atoms with E-state index in [1.165, 1.54) is 20.0 Å². The normalized spacial score (nSPS) is 16.8. The van der Waals surface area contributed by atoms with Crippen molar-refractivity contribution in [3.8, 4) is 0 Å². The molecular weight excluding hydrogens is 370 g/mol. The summed E-state index contributed by atoms with van der Waals surface area (Å²) in [7, 11) is 4.39. The lowest BCUT2D eigenvalue weighted by molar-refractivity contribution is -0.855. The van der Waals surface area contributed by atoms with Gasteiger partial charge < -0.3 is 9.64 Å². The van der Waals surface area contributed by atoms with Gasteiger partial charge in [-0.1, -0.05) is 37.4 Å². The third-order valence-corrected chi connectivity index (χ3v) is 7.24. The molecule has 7 heteroatoms. The molecule has 0 atom stereocenters. The van der Waals surface area contributed by atoms with Crippen molar-refractivity contribution in [1.82, 2.24) is 9.97 Å². The van der Waals surface area contributed by atoms with E-state index in [-0.39, 0.29) is 5.60 Å². The number of nitrogens with one attached hydrogen (secondary N) is 1. The van der Waals surface area contributed by atoms with Gasteiger partial charge in [-0.05, 0) is 13.8 Å². The molecule has 4 nitrogen and oxygen atoms in total. The standard InChI is InChI=1S/C18H27N3OS3/c1-11(2)24-17-19-14-12-10-22-18(3,4)9-13(12)25-15(14)16(20-17)23-8-7-21(5)6/h11H,7-10H2,1-6H3/p+1. The number of hydrogen-bond acceptors (Lipinski definition) is 6. The minimum Gasteiger partial charge on any atom is -0.370 e. The van der Waals surface area contributed by atoms with Gasteiger partial charge in [-0.3, -0.25) is 0 Å². The van der Waals surface area contributed by atoms with E-state index in [1.807, 2.05) is 23.1 Å². The van der Waals surface area contributed by atoms with Crippen molar-refractivity contribution in [3.05, 3.63) is 10.4 Å². The Kier molecular flexibility index (Phi) is 6.00. The SMILES string of the molecule is CC(C)Sc1nc(SCC[NH+](C)C)c2sc3c(c2n1)COC(C)(C)C3. The molecule has 3 heterocycles. The molecule has 138 valence electrons. The van der Waals surface area contributed by atoms with Gasteiger partial charge in [0.25, 0.3) is 0 Å². The third-order valence-electron chi connectivity index (χ3n) is 4.04. The molecule has 0 radical (unpaired) electrons. The first kappa shape index (κ1) is 19.4. The highest BCUT2D eigenvalue weighted by Gasteiger charge is 2.30. The highest BCUT2D eigenvalue weighted by molar-refractivity contribution is 8.00. The van der Waals surface area contributed by atoms with Crippen molar-refractivity contribution in [2.75, 3.05) is 26.4 Å². The summed E-state index contributed by atoms with van der Waals surface area (Å²) in [6.07, 6.45) is 0.960. The number of aromatic nitrogens is 2. The van der Waals surface area contributed by atoms with E-state index in [4.69, 9.17) is 14.7 Å². The monoisotopic (exact) mass is 398 g/mol. The Hall–Kier alpha value is -0.340. The predicted molar refractivity (Wildman–Crippen MR) is 109 cm³/mol. The van der Waals surface area contributed by atoms with Crippen LogP contribution in [0.4, 0.5) is 0 Å². The maximum absolute atomic E-state index is 6.06. The molecule has 2 aromatic rings. The Labute approximate surface area is 163 Å². The Morgan fingerprint density at radius 3 is 2.72 bits per heavy atom. The van der Waals surface area contributed by atoms with Crippen LogP contribution >= 0.6 is 34.9 Å². The Balaban J connectivity index is 2.01. The average Bonchev–Trinajstić information content (AvgIpc) is 2.82. The molecule has 0 aromatic carbocycles. The molecule has 0 bridgehead atoms. The van der Waals surface area contributed by atoms with Crippen molar-refractivity contribution in [2.45, 2.75) is 61.8 Å². The third kappa shape index (κ3) is 4.69. The maximum atomic E-state index is 6.06. The Morgan fingerprint density at radius 1 is 1.28 bits per heavy atom. The number of hydrogen-bond donors (Lipinski definition) is 1. The number of nitrogens with zero attached hydrogens (tertiary/aromatic N) is 2. The first-order valence-electron chi connectivity index (χ1n) is 8.80. The lowest BCUT2D eigenvalue weighted by Crippen LogP contribution is -3.06. The minimum atomic E-state index is -0.0849. The van der Waals surface area contributed by atoms with Crippen LogP contribution in [0.3, 0.4) is 0 Å². The second-order valence-corrected chi connectivity index (χ2v) is 11.4. The van der Waals surface area contributed by atoms with Crippen molar-refractivity contribution in [2.24, 2.45) is 0 Å². The van der Waals surface area contributed by atoms with Crippen molar-refractivity contribution in [3.63, 3.8) is 0 Å². The molecular formula is C18H28N3OS3+. The van der Waals surface area contributed by atoms with E-state index in [9.17, 15) is 0 Å². The second kappa shape index (κ2) is 7.72. The Bertz CT molecular complexity index is 756. The van der Waals surface area contributed by atoms with Crippen molar-refractivity contribution >= 4 is 45.1 Å². The topological polar surface area (TPSA) is 39.5 Å². The quantitative estimate of drug-likeness (QED) is 0.459. The fraction of sp³-hybridized carbons (Fsp3) is 0.667.